The molecule has 0 unspecified atom stereocenters. The van der Waals surface area contributed by atoms with E-state index in [2.05, 4.69) is 5.32 Å². The second kappa shape index (κ2) is 7.14. The van der Waals surface area contributed by atoms with E-state index in [4.69, 9.17) is 14.6 Å². The van der Waals surface area contributed by atoms with E-state index >= 15 is 0 Å². The quantitative estimate of drug-likeness (QED) is 0.800. The fourth-order valence-corrected chi connectivity index (χ4v) is 1.87. The summed E-state index contributed by atoms with van der Waals surface area (Å²) in [5.41, 5.74) is 0.219. The summed E-state index contributed by atoms with van der Waals surface area (Å²) < 4.78 is 10.4. The molecule has 0 saturated carbocycles. The SMILES string of the molecule is COc1cccc(OC)c1C(=O)NCC(C)(C)CCO. The first-order valence-corrected chi connectivity index (χ1v) is 6.55. The number of aliphatic hydroxyl groups is 1. The van der Waals surface area contributed by atoms with Crippen LogP contribution < -0.4 is 14.8 Å². The summed E-state index contributed by atoms with van der Waals surface area (Å²) in [5.74, 6) is 0.703. The van der Waals surface area contributed by atoms with Gasteiger partial charge in [-0.3, -0.25) is 4.79 Å². The minimum Gasteiger partial charge on any atom is -0.496 e. The topological polar surface area (TPSA) is 67.8 Å². The maximum Gasteiger partial charge on any atom is 0.258 e. The Labute approximate surface area is 119 Å². The lowest BCUT2D eigenvalue weighted by atomic mass is 9.89. The van der Waals surface area contributed by atoms with Crippen LogP contribution in [0.4, 0.5) is 0 Å². The van der Waals surface area contributed by atoms with Crippen LogP contribution >= 0.6 is 0 Å². The number of methoxy groups -OCH3 is 2. The minimum atomic E-state index is -0.245. The maximum absolute atomic E-state index is 12.3. The Hall–Kier alpha value is -1.75. The highest BCUT2D eigenvalue weighted by Crippen LogP contribution is 2.28. The van der Waals surface area contributed by atoms with E-state index < -0.39 is 0 Å². The van der Waals surface area contributed by atoms with E-state index in [1.807, 2.05) is 13.8 Å². The Kier molecular flexibility index (Phi) is 5.82. The van der Waals surface area contributed by atoms with Crippen molar-refractivity contribution in [3.63, 3.8) is 0 Å². The Balaban J connectivity index is 2.87. The molecule has 5 heteroatoms. The van der Waals surface area contributed by atoms with Crippen molar-refractivity contribution in [2.45, 2.75) is 20.3 Å². The predicted molar refractivity (Wildman–Crippen MR) is 77.4 cm³/mol. The van der Waals surface area contributed by atoms with Crippen LogP contribution in [0.15, 0.2) is 18.2 Å². The number of benzene rings is 1. The van der Waals surface area contributed by atoms with Gasteiger partial charge in [0.25, 0.3) is 5.91 Å². The molecule has 0 aliphatic heterocycles. The van der Waals surface area contributed by atoms with Gasteiger partial charge in [0.05, 0.1) is 14.2 Å². The summed E-state index contributed by atoms with van der Waals surface area (Å²) >= 11 is 0. The number of hydrogen-bond donors (Lipinski definition) is 2. The number of hydrogen-bond acceptors (Lipinski definition) is 4. The van der Waals surface area contributed by atoms with Gasteiger partial charge in [-0.15, -0.1) is 0 Å². The van der Waals surface area contributed by atoms with Crippen LogP contribution in [0.25, 0.3) is 0 Å². The molecule has 20 heavy (non-hydrogen) atoms. The molecule has 0 atom stereocenters. The third-order valence-corrected chi connectivity index (χ3v) is 3.17. The van der Waals surface area contributed by atoms with Gasteiger partial charge >= 0.3 is 0 Å². The molecule has 0 bridgehead atoms. The lowest BCUT2D eigenvalue weighted by molar-refractivity contribution is 0.0922. The van der Waals surface area contributed by atoms with E-state index in [-0.39, 0.29) is 17.9 Å². The molecule has 0 radical (unpaired) electrons. The fourth-order valence-electron chi connectivity index (χ4n) is 1.87. The van der Waals surface area contributed by atoms with E-state index in [0.29, 0.717) is 30.0 Å². The predicted octanol–water partition coefficient (Wildman–Crippen LogP) is 1.84. The summed E-state index contributed by atoms with van der Waals surface area (Å²) in [7, 11) is 3.03. The Bertz CT molecular complexity index is 435. The first-order chi connectivity index (χ1) is 9.45. The average molecular weight is 281 g/mol. The van der Waals surface area contributed by atoms with Gasteiger partial charge < -0.3 is 19.9 Å². The zero-order valence-electron chi connectivity index (χ0n) is 12.5. The van der Waals surface area contributed by atoms with Gasteiger partial charge in [-0.2, -0.15) is 0 Å². The van der Waals surface area contributed by atoms with Crippen LogP contribution in [0.5, 0.6) is 11.5 Å². The van der Waals surface area contributed by atoms with E-state index in [1.165, 1.54) is 14.2 Å². The van der Waals surface area contributed by atoms with Crippen molar-refractivity contribution in [2.24, 2.45) is 5.41 Å². The standard InChI is InChI=1S/C15H23NO4/c1-15(2,8-9-17)10-16-14(18)13-11(19-3)6-5-7-12(13)20-4/h5-7,17H,8-10H2,1-4H3,(H,16,18). The smallest absolute Gasteiger partial charge is 0.258 e. The van der Waals surface area contributed by atoms with Crippen LogP contribution in [0.3, 0.4) is 0 Å². The lowest BCUT2D eigenvalue weighted by Gasteiger charge is -2.24. The summed E-state index contributed by atoms with van der Waals surface area (Å²) in [4.78, 5) is 12.3. The van der Waals surface area contributed by atoms with Crippen LogP contribution in [-0.2, 0) is 0 Å². The largest absolute Gasteiger partial charge is 0.496 e. The highest BCUT2D eigenvalue weighted by molar-refractivity contribution is 5.99. The van der Waals surface area contributed by atoms with Crippen molar-refractivity contribution >= 4 is 5.91 Å². The Morgan fingerprint density at radius 1 is 1.25 bits per heavy atom. The lowest BCUT2D eigenvalue weighted by Crippen LogP contribution is -2.34. The molecular weight excluding hydrogens is 258 g/mol. The first-order valence-electron chi connectivity index (χ1n) is 6.55. The summed E-state index contributed by atoms with van der Waals surface area (Å²) in [6.07, 6.45) is 0.621. The van der Waals surface area contributed by atoms with E-state index in [9.17, 15) is 4.79 Å². The second-order valence-electron chi connectivity index (χ2n) is 5.36. The molecule has 0 heterocycles. The van der Waals surface area contributed by atoms with Crippen LogP contribution in [-0.4, -0.2) is 38.4 Å². The number of nitrogens with one attached hydrogen (secondary N) is 1. The molecule has 0 saturated heterocycles. The number of rotatable bonds is 7. The molecule has 0 spiro atoms. The van der Waals surface area contributed by atoms with Gasteiger partial charge in [0, 0.05) is 13.2 Å². The molecule has 2 N–H and O–H groups in total. The fraction of sp³-hybridized carbons (Fsp3) is 0.533. The summed E-state index contributed by atoms with van der Waals surface area (Å²) in [5, 5.41) is 11.9. The molecular formula is C15H23NO4. The Morgan fingerprint density at radius 3 is 2.25 bits per heavy atom. The van der Waals surface area contributed by atoms with Crippen molar-refractivity contribution in [1.29, 1.82) is 0 Å². The molecule has 0 aromatic heterocycles. The normalized spacial score (nSPS) is 11.1. The number of ether oxygens (including phenoxy) is 2. The number of carbonyl (C=O) groups excluding carboxylic acids is 1. The van der Waals surface area contributed by atoms with Crippen molar-refractivity contribution in [3.05, 3.63) is 23.8 Å². The van der Waals surface area contributed by atoms with Gasteiger partial charge in [0.1, 0.15) is 17.1 Å². The van der Waals surface area contributed by atoms with Crippen molar-refractivity contribution in [3.8, 4) is 11.5 Å². The zero-order chi connectivity index (χ0) is 15.2. The molecule has 5 nitrogen and oxygen atoms in total. The molecule has 1 rings (SSSR count). The molecule has 0 aliphatic rings. The van der Waals surface area contributed by atoms with Gasteiger partial charge in [0.15, 0.2) is 0 Å². The van der Waals surface area contributed by atoms with Crippen LogP contribution in [0.2, 0.25) is 0 Å². The van der Waals surface area contributed by atoms with Crippen molar-refractivity contribution in [2.75, 3.05) is 27.4 Å². The average Bonchev–Trinajstić information content (AvgIpc) is 2.43. The molecule has 0 aliphatic carbocycles. The van der Waals surface area contributed by atoms with Crippen LogP contribution in [0.1, 0.15) is 30.6 Å². The molecule has 1 amide bonds. The van der Waals surface area contributed by atoms with Crippen molar-refractivity contribution < 1.29 is 19.4 Å². The van der Waals surface area contributed by atoms with Gasteiger partial charge in [0.2, 0.25) is 0 Å². The molecule has 1 aromatic rings. The number of aliphatic hydroxyl groups excluding tert-OH is 1. The molecule has 1 aromatic carbocycles. The highest BCUT2D eigenvalue weighted by Gasteiger charge is 2.22. The van der Waals surface area contributed by atoms with Crippen LogP contribution in [0, 0.1) is 5.41 Å². The van der Waals surface area contributed by atoms with Crippen molar-refractivity contribution in [1.82, 2.24) is 5.32 Å². The highest BCUT2D eigenvalue weighted by atomic mass is 16.5. The monoisotopic (exact) mass is 281 g/mol. The minimum absolute atomic E-state index is 0.0981. The third kappa shape index (κ3) is 4.13. The van der Waals surface area contributed by atoms with Gasteiger partial charge in [-0.1, -0.05) is 19.9 Å². The number of carbonyl (C=O) groups is 1. The van der Waals surface area contributed by atoms with Gasteiger partial charge in [-0.05, 0) is 24.0 Å². The summed E-state index contributed by atoms with van der Waals surface area (Å²) in [6.45, 7) is 4.54. The maximum atomic E-state index is 12.3. The molecule has 0 fully saturated rings. The number of amides is 1. The summed E-state index contributed by atoms with van der Waals surface area (Å²) in [6, 6.07) is 5.21. The zero-order valence-corrected chi connectivity index (χ0v) is 12.5. The second-order valence-corrected chi connectivity index (χ2v) is 5.36. The van der Waals surface area contributed by atoms with Gasteiger partial charge in [-0.25, -0.2) is 0 Å². The first kappa shape index (κ1) is 16.3. The third-order valence-electron chi connectivity index (χ3n) is 3.17. The molecule has 112 valence electrons. The Morgan fingerprint density at radius 2 is 1.80 bits per heavy atom. The van der Waals surface area contributed by atoms with E-state index in [0.717, 1.165) is 0 Å². The van der Waals surface area contributed by atoms with E-state index in [1.54, 1.807) is 18.2 Å².